The number of nitrogens with zero attached hydrogens (tertiary/aromatic N) is 2. The van der Waals surface area contributed by atoms with Crippen molar-refractivity contribution in [3.05, 3.63) is 54.6 Å². The van der Waals surface area contributed by atoms with Gasteiger partial charge >= 0.3 is 6.36 Å². The lowest BCUT2D eigenvalue weighted by Crippen LogP contribution is -2.32. The Morgan fingerprint density at radius 2 is 1.84 bits per heavy atom. The summed E-state index contributed by atoms with van der Waals surface area (Å²) in [5.41, 5.74) is 6.53. The average molecular weight is 434 g/mol. The van der Waals surface area contributed by atoms with Crippen LogP contribution in [0.15, 0.2) is 64.6 Å². The number of anilines is 2. The van der Waals surface area contributed by atoms with Gasteiger partial charge in [0.2, 0.25) is 17.8 Å². The number of benzene rings is 2. The molecule has 0 aromatic heterocycles. The van der Waals surface area contributed by atoms with Crippen LogP contribution in [0.5, 0.6) is 5.75 Å². The molecular formula is C19H17F3N6O3. The van der Waals surface area contributed by atoms with Crippen LogP contribution in [0.3, 0.4) is 0 Å². The average Bonchev–Trinajstić information content (AvgIpc) is 2.99. The van der Waals surface area contributed by atoms with Crippen LogP contribution in [0, 0.1) is 0 Å². The van der Waals surface area contributed by atoms with Crippen LogP contribution in [0.4, 0.5) is 24.5 Å². The number of rotatable bonds is 5. The van der Waals surface area contributed by atoms with Gasteiger partial charge in [0.1, 0.15) is 11.8 Å². The lowest BCUT2D eigenvalue weighted by atomic mass is 10.2. The van der Waals surface area contributed by atoms with E-state index in [4.69, 9.17) is 5.73 Å². The van der Waals surface area contributed by atoms with E-state index in [-0.39, 0.29) is 24.0 Å². The van der Waals surface area contributed by atoms with Crippen LogP contribution in [-0.4, -0.2) is 36.1 Å². The third kappa shape index (κ3) is 6.73. The minimum atomic E-state index is -4.85. The minimum Gasteiger partial charge on any atom is -0.406 e. The number of aliphatic imine (C=N–C) groups is 2. The fourth-order valence-electron chi connectivity index (χ4n) is 2.60. The van der Waals surface area contributed by atoms with Gasteiger partial charge in [0.25, 0.3) is 5.91 Å². The van der Waals surface area contributed by atoms with Gasteiger partial charge in [-0.25, -0.2) is 4.99 Å². The Kier molecular flexibility index (Phi) is 6.38. The van der Waals surface area contributed by atoms with E-state index >= 15 is 0 Å². The molecule has 0 fully saturated rings. The largest absolute Gasteiger partial charge is 0.573 e. The number of guanidine groups is 2. The van der Waals surface area contributed by atoms with Crippen molar-refractivity contribution < 1.29 is 27.5 Å². The molecule has 2 amide bonds. The van der Waals surface area contributed by atoms with Crippen LogP contribution in [-0.2, 0) is 9.59 Å². The Morgan fingerprint density at radius 1 is 1.13 bits per heavy atom. The highest BCUT2D eigenvalue weighted by atomic mass is 19.4. The van der Waals surface area contributed by atoms with Crippen LogP contribution in [0.2, 0.25) is 0 Å². The van der Waals surface area contributed by atoms with Crippen LogP contribution >= 0.6 is 0 Å². The Bertz CT molecular complexity index is 1020. The molecule has 0 radical (unpaired) electrons. The van der Waals surface area contributed by atoms with Gasteiger partial charge in [-0.1, -0.05) is 24.3 Å². The third-order valence-electron chi connectivity index (χ3n) is 3.82. The Morgan fingerprint density at radius 3 is 2.55 bits per heavy atom. The van der Waals surface area contributed by atoms with Gasteiger partial charge in [-0.3, -0.25) is 14.9 Å². The number of hydrogen-bond donors (Lipinski definition) is 4. The fraction of sp³-hybridized carbons (Fsp3) is 0.158. The number of ether oxygens (including phenoxy) is 1. The molecule has 12 heteroatoms. The van der Waals surface area contributed by atoms with Crippen molar-refractivity contribution in [3.8, 4) is 5.75 Å². The number of carbonyl (C=O) groups is 2. The summed E-state index contributed by atoms with van der Waals surface area (Å²) in [7, 11) is 0. The number of nitrogens with one attached hydrogen (secondary N) is 3. The Balaban J connectivity index is 1.59. The molecule has 0 bridgehead atoms. The lowest BCUT2D eigenvalue weighted by Gasteiger charge is -2.11. The van der Waals surface area contributed by atoms with E-state index in [2.05, 4.69) is 30.7 Å². The number of para-hydroxylation sites is 1. The molecule has 2 aromatic carbocycles. The molecule has 31 heavy (non-hydrogen) atoms. The molecule has 1 unspecified atom stereocenters. The van der Waals surface area contributed by atoms with Crippen molar-refractivity contribution in [2.75, 3.05) is 10.6 Å². The molecule has 3 rings (SSSR count). The maximum absolute atomic E-state index is 12.3. The summed E-state index contributed by atoms with van der Waals surface area (Å²) < 4.78 is 40.7. The maximum atomic E-state index is 12.3. The van der Waals surface area contributed by atoms with Gasteiger partial charge in [-0.05, 0) is 24.3 Å². The first-order valence-corrected chi connectivity index (χ1v) is 8.88. The molecule has 2 aromatic rings. The molecule has 162 valence electrons. The second-order valence-corrected chi connectivity index (χ2v) is 6.27. The summed E-state index contributed by atoms with van der Waals surface area (Å²) in [6.45, 7) is 0. The summed E-state index contributed by atoms with van der Waals surface area (Å²) in [4.78, 5) is 32.2. The predicted octanol–water partition coefficient (Wildman–Crippen LogP) is 2.19. The van der Waals surface area contributed by atoms with E-state index in [1.54, 1.807) is 24.3 Å². The van der Waals surface area contributed by atoms with Gasteiger partial charge in [-0.15, -0.1) is 13.2 Å². The summed E-state index contributed by atoms with van der Waals surface area (Å²) >= 11 is 0. The van der Waals surface area contributed by atoms with E-state index in [0.29, 0.717) is 5.69 Å². The predicted molar refractivity (Wildman–Crippen MR) is 107 cm³/mol. The molecule has 1 aliphatic heterocycles. The van der Waals surface area contributed by atoms with E-state index in [9.17, 15) is 22.8 Å². The zero-order valence-corrected chi connectivity index (χ0v) is 15.8. The molecule has 9 nitrogen and oxygen atoms in total. The molecule has 0 aliphatic carbocycles. The number of amides is 2. The first-order chi connectivity index (χ1) is 14.7. The smallest absolute Gasteiger partial charge is 0.406 e. The topological polar surface area (TPSA) is 130 Å². The second-order valence-electron chi connectivity index (χ2n) is 6.27. The normalized spacial score (nSPS) is 16.4. The van der Waals surface area contributed by atoms with E-state index in [1.165, 1.54) is 12.1 Å². The maximum Gasteiger partial charge on any atom is 0.573 e. The zero-order chi connectivity index (χ0) is 22.4. The number of nitrogens with two attached hydrogens (primary N) is 1. The number of carbonyl (C=O) groups excluding carboxylic acids is 2. The quantitative estimate of drug-likeness (QED) is 0.423. The van der Waals surface area contributed by atoms with Gasteiger partial charge in [0.05, 0.1) is 6.42 Å². The van der Waals surface area contributed by atoms with Crippen molar-refractivity contribution >= 4 is 35.1 Å². The zero-order valence-electron chi connectivity index (χ0n) is 15.8. The van der Waals surface area contributed by atoms with Crippen molar-refractivity contribution in [1.82, 2.24) is 5.32 Å². The van der Waals surface area contributed by atoms with E-state index in [0.717, 1.165) is 12.1 Å². The molecule has 1 atom stereocenters. The lowest BCUT2D eigenvalue weighted by molar-refractivity contribution is -0.274. The van der Waals surface area contributed by atoms with Crippen LogP contribution in [0.1, 0.15) is 6.42 Å². The highest BCUT2D eigenvalue weighted by Crippen LogP contribution is 2.25. The first kappa shape index (κ1) is 21.6. The van der Waals surface area contributed by atoms with Gasteiger partial charge in [0.15, 0.2) is 0 Å². The summed E-state index contributed by atoms with van der Waals surface area (Å²) in [5, 5.41) is 7.62. The summed E-state index contributed by atoms with van der Waals surface area (Å²) in [5.74, 6) is -1.76. The minimum absolute atomic E-state index is 0.0168. The van der Waals surface area contributed by atoms with Crippen LogP contribution in [0.25, 0.3) is 0 Å². The van der Waals surface area contributed by atoms with Crippen molar-refractivity contribution in [1.29, 1.82) is 0 Å². The number of hydrogen-bond acceptors (Lipinski definition) is 5. The van der Waals surface area contributed by atoms with Crippen LogP contribution < -0.4 is 26.4 Å². The van der Waals surface area contributed by atoms with E-state index < -0.39 is 30.0 Å². The molecule has 1 heterocycles. The highest BCUT2D eigenvalue weighted by Gasteiger charge is 2.31. The third-order valence-corrected chi connectivity index (χ3v) is 3.82. The number of halogens is 3. The summed E-state index contributed by atoms with van der Waals surface area (Å²) in [6.07, 6.45) is -5.20. The van der Waals surface area contributed by atoms with Crippen molar-refractivity contribution in [2.45, 2.75) is 18.8 Å². The van der Waals surface area contributed by atoms with Crippen molar-refractivity contribution in [2.24, 2.45) is 15.7 Å². The van der Waals surface area contributed by atoms with Gasteiger partial charge in [0, 0.05) is 17.4 Å². The Hall–Kier alpha value is -4.09. The van der Waals surface area contributed by atoms with Gasteiger partial charge < -0.3 is 21.1 Å². The fourth-order valence-corrected chi connectivity index (χ4v) is 2.60. The van der Waals surface area contributed by atoms with Gasteiger partial charge in [-0.2, -0.15) is 4.99 Å². The molecule has 5 N–H and O–H groups in total. The summed E-state index contributed by atoms with van der Waals surface area (Å²) in [6, 6.07) is 12.7. The number of alkyl halides is 3. The molecule has 0 saturated heterocycles. The molecule has 0 spiro atoms. The highest BCUT2D eigenvalue weighted by molar-refractivity contribution is 6.11. The first-order valence-electron chi connectivity index (χ1n) is 8.88. The SMILES string of the molecule is N/C(=N\C1=NC(CC(=O)Nc2cccc(OC(F)(F)F)c2)C(=O)N1)Nc1ccccc1. The van der Waals surface area contributed by atoms with Crippen molar-refractivity contribution in [3.63, 3.8) is 0 Å². The monoisotopic (exact) mass is 434 g/mol. The molecular weight excluding hydrogens is 417 g/mol. The standard InChI is InChI=1S/C19H17F3N6O3/c20-19(21,22)31-13-8-4-7-12(9-13)24-15(29)10-14-16(30)27-18(26-14)28-17(23)25-11-5-2-1-3-6-11/h1-9,14H,10H2,(H,24,29)(H4,23,25,26,27,28,30). The molecule has 1 aliphatic rings. The second kappa shape index (κ2) is 9.15. The van der Waals surface area contributed by atoms with E-state index in [1.807, 2.05) is 6.07 Å². The Labute approximate surface area is 174 Å². The molecule has 0 saturated carbocycles.